The molecule has 5 rings (SSSR count). The fourth-order valence-corrected chi connectivity index (χ4v) is 3.04. The van der Waals surface area contributed by atoms with Gasteiger partial charge in [0.25, 0.3) is 0 Å². The molecule has 0 atom stereocenters. The van der Waals surface area contributed by atoms with E-state index in [4.69, 9.17) is 14.0 Å². The third-order valence-electron chi connectivity index (χ3n) is 4.50. The van der Waals surface area contributed by atoms with Crippen LogP contribution < -0.4 is 20.6 Å². The Morgan fingerprint density at radius 2 is 1.76 bits per heavy atom. The summed E-state index contributed by atoms with van der Waals surface area (Å²) in [6.07, 6.45) is 3.05. The van der Waals surface area contributed by atoms with Crippen LogP contribution in [0.5, 0.6) is 11.5 Å². The second-order valence-electron chi connectivity index (χ2n) is 6.32. The molecule has 0 bridgehead atoms. The Bertz CT molecular complexity index is 1310. The van der Waals surface area contributed by atoms with E-state index in [9.17, 15) is 9.59 Å². The maximum Gasteiger partial charge on any atom is 0.320 e. The summed E-state index contributed by atoms with van der Waals surface area (Å²) >= 11 is 0. The lowest BCUT2D eigenvalue weighted by atomic mass is 10.2. The minimum absolute atomic E-state index is 0.0126. The summed E-state index contributed by atoms with van der Waals surface area (Å²) in [6, 6.07) is 14.2. The maximum absolute atomic E-state index is 12.5. The maximum atomic E-state index is 12.5. The molecule has 2 aromatic carbocycles. The van der Waals surface area contributed by atoms with Crippen LogP contribution in [0.2, 0.25) is 0 Å². The summed E-state index contributed by atoms with van der Waals surface area (Å²) in [6.45, 7) is 0.162. The number of nitrogens with zero attached hydrogens (tertiary/aromatic N) is 4. The van der Waals surface area contributed by atoms with Gasteiger partial charge in [-0.1, -0.05) is 23.4 Å². The van der Waals surface area contributed by atoms with Crippen molar-refractivity contribution in [3.8, 4) is 28.6 Å². The molecule has 29 heavy (non-hydrogen) atoms. The Morgan fingerprint density at radius 3 is 2.62 bits per heavy atom. The number of para-hydroxylation sites is 1. The molecule has 3 heterocycles. The minimum Gasteiger partial charge on any atom is -0.454 e. The number of hydrogen-bond acceptors (Lipinski definition) is 7. The largest absolute Gasteiger partial charge is 0.454 e. The zero-order valence-corrected chi connectivity index (χ0v) is 15.0. The lowest BCUT2D eigenvalue weighted by molar-refractivity contribution is 0.174. The summed E-state index contributed by atoms with van der Waals surface area (Å²) in [5.74, 6) is 1.82. The highest BCUT2D eigenvalue weighted by atomic mass is 16.7. The van der Waals surface area contributed by atoms with E-state index < -0.39 is 11.1 Å². The third-order valence-corrected chi connectivity index (χ3v) is 4.50. The molecule has 2 aromatic heterocycles. The van der Waals surface area contributed by atoms with Crippen LogP contribution in [0.15, 0.2) is 75.0 Å². The van der Waals surface area contributed by atoms with Crippen LogP contribution >= 0.6 is 0 Å². The minimum atomic E-state index is -0.681. The Balaban J connectivity index is 1.42. The summed E-state index contributed by atoms with van der Waals surface area (Å²) in [5.41, 5.74) is -0.0332. The van der Waals surface area contributed by atoms with E-state index in [0.29, 0.717) is 28.6 Å². The first-order valence-corrected chi connectivity index (χ1v) is 8.79. The molecular weight excluding hydrogens is 376 g/mol. The van der Waals surface area contributed by atoms with Crippen molar-refractivity contribution in [2.75, 3.05) is 6.79 Å². The van der Waals surface area contributed by atoms with E-state index >= 15 is 0 Å². The Labute approximate surface area is 163 Å². The van der Waals surface area contributed by atoms with Gasteiger partial charge in [-0.05, 0) is 30.3 Å². The van der Waals surface area contributed by atoms with Crippen molar-refractivity contribution in [1.82, 2.24) is 19.3 Å². The van der Waals surface area contributed by atoms with Crippen molar-refractivity contribution in [1.29, 1.82) is 0 Å². The first-order chi connectivity index (χ1) is 14.2. The Hall–Kier alpha value is -4.14. The van der Waals surface area contributed by atoms with E-state index in [1.807, 2.05) is 6.07 Å². The molecule has 9 nitrogen and oxygen atoms in total. The van der Waals surface area contributed by atoms with Gasteiger partial charge in [-0.25, -0.2) is 0 Å². The van der Waals surface area contributed by atoms with Gasteiger partial charge in [0.1, 0.15) is 6.54 Å². The topological polar surface area (TPSA) is 101 Å². The van der Waals surface area contributed by atoms with Crippen molar-refractivity contribution in [2.45, 2.75) is 6.54 Å². The molecule has 0 radical (unpaired) electrons. The van der Waals surface area contributed by atoms with Crippen LogP contribution in [0.1, 0.15) is 5.89 Å². The number of hydrogen-bond donors (Lipinski definition) is 0. The summed E-state index contributed by atoms with van der Waals surface area (Å²) in [7, 11) is 0. The first-order valence-electron chi connectivity index (χ1n) is 8.79. The zero-order chi connectivity index (χ0) is 19.8. The average Bonchev–Trinajstić information content (AvgIpc) is 3.41. The van der Waals surface area contributed by atoms with Gasteiger partial charge in [0, 0.05) is 23.6 Å². The number of rotatable bonds is 4. The number of aromatic nitrogens is 4. The summed E-state index contributed by atoms with van der Waals surface area (Å²) < 4.78 is 18.4. The SMILES string of the molecule is O=c1c(=O)n(-c2ccccc2)ccn1Cc1nc(-c2ccc3c(c2)OCO3)no1. The van der Waals surface area contributed by atoms with Crippen LogP contribution in [0.4, 0.5) is 0 Å². The van der Waals surface area contributed by atoms with Crippen LogP contribution in [-0.2, 0) is 6.54 Å². The molecule has 9 heteroatoms. The predicted molar refractivity (Wildman–Crippen MR) is 101 cm³/mol. The van der Waals surface area contributed by atoms with Crippen molar-refractivity contribution in [3.05, 3.63) is 87.5 Å². The van der Waals surface area contributed by atoms with Crippen LogP contribution in [0, 0.1) is 0 Å². The Morgan fingerprint density at radius 1 is 0.931 bits per heavy atom. The first kappa shape index (κ1) is 17.0. The molecule has 0 N–H and O–H groups in total. The summed E-state index contributed by atoms with van der Waals surface area (Å²) in [5, 5.41) is 3.94. The zero-order valence-electron chi connectivity index (χ0n) is 15.0. The average molecular weight is 390 g/mol. The van der Waals surface area contributed by atoms with Gasteiger partial charge >= 0.3 is 11.1 Å². The van der Waals surface area contributed by atoms with Gasteiger partial charge in [0.05, 0.1) is 0 Å². The quantitative estimate of drug-likeness (QED) is 0.490. The number of fused-ring (bicyclic) bond motifs is 1. The van der Waals surface area contributed by atoms with Gasteiger partial charge in [-0.15, -0.1) is 0 Å². The normalized spacial score (nSPS) is 12.3. The number of benzene rings is 2. The molecule has 1 aliphatic rings. The molecule has 0 saturated carbocycles. The molecule has 144 valence electrons. The lowest BCUT2D eigenvalue weighted by Gasteiger charge is -2.07. The van der Waals surface area contributed by atoms with Crippen LogP contribution in [-0.4, -0.2) is 26.1 Å². The lowest BCUT2D eigenvalue weighted by Crippen LogP contribution is -2.40. The van der Waals surface area contributed by atoms with Gasteiger partial charge in [0.2, 0.25) is 18.5 Å². The third kappa shape index (κ3) is 3.08. The van der Waals surface area contributed by atoms with E-state index in [1.54, 1.807) is 42.5 Å². The van der Waals surface area contributed by atoms with Gasteiger partial charge in [0.15, 0.2) is 11.5 Å². The fourth-order valence-electron chi connectivity index (χ4n) is 3.04. The monoisotopic (exact) mass is 390 g/mol. The molecule has 0 unspecified atom stereocenters. The Kier molecular flexibility index (Phi) is 3.98. The van der Waals surface area contributed by atoms with Crippen molar-refractivity contribution >= 4 is 0 Å². The van der Waals surface area contributed by atoms with Gasteiger partial charge in [-0.3, -0.25) is 18.7 Å². The van der Waals surface area contributed by atoms with E-state index in [-0.39, 0.29) is 19.2 Å². The summed E-state index contributed by atoms with van der Waals surface area (Å²) in [4.78, 5) is 29.2. The standard InChI is InChI=1S/C20H14N4O5/c25-19-20(26)24(14-4-2-1-3-5-14)9-8-23(19)11-17-21-18(22-29-17)13-6-7-15-16(10-13)28-12-27-15/h1-10H,11-12H2. The van der Waals surface area contributed by atoms with Crippen molar-refractivity contribution in [2.24, 2.45) is 0 Å². The molecule has 0 fully saturated rings. The van der Waals surface area contributed by atoms with Crippen molar-refractivity contribution in [3.63, 3.8) is 0 Å². The highest BCUT2D eigenvalue weighted by molar-refractivity contribution is 5.61. The van der Waals surface area contributed by atoms with Gasteiger partial charge in [-0.2, -0.15) is 4.98 Å². The molecule has 0 spiro atoms. The highest BCUT2D eigenvalue weighted by Gasteiger charge is 2.17. The predicted octanol–water partition coefficient (Wildman–Crippen LogP) is 1.83. The van der Waals surface area contributed by atoms with Crippen LogP contribution in [0.25, 0.3) is 17.1 Å². The van der Waals surface area contributed by atoms with E-state index in [0.717, 1.165) is 0 Å². The molecule has 0 aliphatic carbocycles. The molecular formula is C20H14N4O5. The molecule has 0 amide bonds. The van der Waals surface area contributed by atoms with Gasteiger partial charge < -0.3 is 14.0 Å². The van der Waals surface area contributed by atoms with E-state index in [2.05, 4.69) is 10.1 Å². The smallest absolute Gasteiger partial charge is 0.320 e. The second kappa shape index (κ2) is 6.79. The molecule has 4 aromatic rings. The highest BCUT2D eigenvalue weighted by Crippen LogP contribution is 2.35. The van der Waals surface area contributed by atoms with E-state index in [1.165, 1.54) is 21.5 Å². The molecule has 1 aliphatic heterocycles. The van der Waals surface area contributed by atoms with Crippen LogP contribution in [0.3, 0.4) is 0 Å². The molecule has 0 saturated heterocycles. The second-order valence-corrected chi connectivity index (χ2v) is 6.32. The fraction of sp³-hybridized carbons (Fsp3) is 0.100. The number of ether oxygens (including phenoxy) is 2. The van der Waals surface area contributed by atoms with Crippen molar-refractivity contribution < 1.29 is 14.0 Å².